The van der Waals surface area contributed by atoms with Gasteiger partial charge in [-0.3, -0.25) is 4.79 Å². The van der Waals surface area contributed by atoms with Gasteiger partial charge in [0.15, 0.2) is 0 Å². The van der Waals surface area contributed by atoms with Gasteiger partial charge in [0.25, 0.3) is 0 Å². The van der Waals surface area contributed by atoms with Crippen molar-refractivity contribution < 1.29 is 4.79 Å². The summed E-state index contributed by atoms with van der Waals surface area (Å²) < 4.78 is 0. The first kappa shape index (κ1) is 13.1. The van der Waals surface area contributed by atoms with E-state index >= 15 is 0 Å². The summed E-state index contributed by atoms with van der Waals surface area (Å²) in [4.78, 5) is 15.4. The molecule has 0 N–H and O–H groups in total. The maximum absolute atomic E-state index is 12.2. The Morgan fingerprint density at radius 2 is 1.95 bits per heavy atom. The van der Waals surface area contributed by atoms with Crippen molar-refractivity contribution >= 4 is 17.2 Å². The normalized spacial score (nSPS) is 14.0. The number of benzene rings is 1. The van der Waals surface area contributed by atoms with Crippen molar-refractivity contribution in [1.29, 1.82) is 0 Å². The molecule has 0 spiro atoms. The van der Waals surface area contributed by atoms with Crippen LogP contribution in [0, 0.1) is 0 Å². The zero-order valence-corrected chi connectivity index (χ0v) is 12.1. The van der Waals surface area contributed by atoms with Crippen LogP contribution in [-0.4, -0.2) is 16.8 Å². The molecule has 1 amide bonds. The fourth-order valence-electron chi connectivity index (χ4n) is 2.83. The second-order valence-electron chi connectivity index (χ2n) is 5.08. The molecule has 102 valence electrons. The van der Waals surface area contributed by atoms with E-state index in [0.29, 0.717) is 6.54 Å². The second-order valence-corrected chi connectivity index (χ2v) is 6.11. The zero-order valence-electron chi connectivity index (χ0n) is 11.3. The van der Waals surface area contributed by atoms with Crippen molar-refractivity contribution in [2.75, 3.05) is 0 Å². The lowest BCUT2D eigenvalue weighted by Crippen LogP contribution is -2.39. The summed E-state index contributed by atoms with van der Waals surface area (Å²) in [5, 5.41) is 2.05. The van der Waals surface area contributed by atoms with Crippen LogP contribution in [0.25, 0.3) is 0 Å². The van der Waals surface area contributed by atoms with Crippen LogP contribution < -0.4 is 0 Å². The third-order valence-electron chi connectivity index (χ3n) is 3.83. The van der Waals surface area contributed by atoms with Crippen molar-refractivity contribution in [2.24, 2.45) is 0 Å². The van der Waals surface area contributed by atoms with E-state index in [2.05, 4.69) is 42.3 Å². The lowest BCUT2D eigenvalue weighted by atomic mass is 10.1. The number of hydrogen-bond acceptors (Lipinski definition) is 2. The zero-order chi connectivity index (χ0) is 13.9. The van der Waals surface area contributed by atoms with Gasteiger partial charge in [-0.1, -0.05) is 36.9 Å². The monoisotopic (exact) mass is 283 g/mol. The van der Waals surface area contributed by atoms with Crippen LogP contribution in [0.5, 0.6) is 0 Å². The molecule has 3 heteroatoms. The molecule has 20 heavy (non-hydrogen) atoms. The van der Waals surface area contributed by atoms with Gasteiger partial charge in [-0.15, -0.1) is 11.3 Å². The Bertz CT molecular complexity index is 593. The maximum Gasteiger partial charge on any atom is 0.246 e. The van der Waals surface area contributed by atoms with Gasteiger partial charge in [0.2, 0.25) is 5.91 Å². The first-order chi connectivity index (χ1) is 9.78. The van der Waals surface area contributed by atoms with Gasteiger partial charge in [-0.2, -0.15) is 0 Å². The third-order valence-corrected chi connectivity index (χ3v) is 4.70. The van der Waals surface area contributed by atoms with E-state index < -0.39 is 0 Å². The number of hydrogen-bond donors (Lipinski definition) is 0. The summed E-state index contributed by atoms with van der Waals surface area (Å²) in [5.41, 5.74) is 2.73. The van der Waals surface area contributed by atoms with Gasteiger partial charge in [-0.05, 0) is 41.5 Å². The van der Waals surface area contributed by atoms with Gasteiger partial charge in [0.05, 0.1) is 6.54 Å². The predicted molar refractivity (Wildman–Crippen MR) is 82.7 cm³/mol. The standard InChI is InChI=1S/C17H17NOS/c1-2-17(19)18(12-16-8-5-9-20-16)15-10-13-6-3-4-7-14(13)11-15/h2-9,15H,1,10-12H2. The fourth-order valence-corrected chi connectivity index (χ4v) is 3.53. The van der Waals surface area contributed by atoms with Gasteiger partial charge in [0, 0.05) is 10.9 Å². The highest BCUT2D eigenvalue weighted by molar-refractivity contribution is 7.09. The molecule has 0 atom stereocenters. The summed E-state index contributed by atoms with van der Waals surface area (Å²) in [7, 11) is 0. The number of carbonyl (C=O) groups excluding carboxylic acids is 1. The second kappa shape index (κ2) is 5.63. The summed E-state index contributed by atoms with van der Waals surface area (Å²) in [6.07, 6.45) is 3.32. The molecule has 0 radical (unpaired) electrons. The quantitative estimate of drug-likeness (QED) is 0.787. The van der Waals surface area contributed by atoms with Crippen LogP contribution in [0.4, 0.5) is 0 Å². The minimum Gasteiger partial charge on any atom is -0.330 e. The Hall–Kier alpha value is -1.87. The molecule has 1 aromatic heterocycles. The number of rotatable bonds is 4. The summed E-state index contributed by atoms with van der Waals surface area (Å²) >= 11 is 1.69. The lowest BCUT2D eigenvalue weighted by Gasteiger charge is -2.27. The summed E-state index contributed by atoms with van der Waals surface area (Å²) in [5.74, 6) is 0.0243. The van der Waals surface area contributed by atoms with E-state index in [1.807, 2.05) is 11.0 Å². The average Bonchev–Trinajstić information content (AvgIpc) is 3.12. The summed E-state index contributed by atoms with van der Waals surface area (Å²) in [6, 6.07) is 12.8. The molecule has 0 saturated heterocycles. The van der Waals surface area contributed by atoms with E-state index in [4.69, 9.17) is 0 Å². The van der Waals surface area contributed by atoms with Gasteiger partial charge < -0.3 is 4.90 Å². The van der Waals surface area contributed by atoms with Crippen LogP contribution >= 0.6 is 11.3 Å². The highest BCUT2D eigenvalue weighted by Crippen LogP contribution is 2.27. The Kier molecular flexibility index (Phi) is 3.70. The lowest BCUT2D eigenvalue weighted by molar-refractivity contribution is -0.128. The predicted octanol–water partition coefficient (Wildman–Crippen LogP) is 3.43. The Morgan fingerprint density at radius 3 is 2.50 bits per heavy atom. The topological polar surface area (TPSA) is 20.3 Å². The van der Waals surface area contributed by atoms with Crippen LogP contribution in [0.2, 0.25) is 0 Å². The largest absolute Gasteiger partial charge is 0.330 e. The van der Waals surface area contributed by atoms with Crippen LogP contribution in [0.15, 0.2) is 54.4 Å². The first-order valence-corrected chi connectivity index (χ1v) is 7.68. The molecule has 0 unspecified atom stereocenters. The van der Waals surface area contributed by atoms with Crippen molar-refractivity contribution in [2.45, 2.75) is 25.4 Å². The Balaban J connectivity index is 1.81. The van der Waals surface area contributed by atoms with Crippen molar-refractivity contribution in [1.82, 2.24) is 4.90 Å². The van der Waals surface area contributed by atoms with Gasteiger partial charge in [0.1, 0.15) is 0 Å². The molecule has 2 nitrogen and oxygen atoms in total. The molecule has 1 aromatic carbocycles. The van der Waals surface area contributed by atoms with E-state index in [0.717, 1.165) is 12.8 Å². The van der Waals surface area contributed by atoms with Gasteiger partial charge >= 0.3 is 0 Å². The molecule has 1 heterocycles. The minimum atomic E-state index is 0.0243. The Labute approximate surface area is 123 Å². The highest BCUT2D eigenvalue weighted by Gasteiger charge is 2.28. The first-order valence-electron chi connectivity index (χ1n) is 6.80. The highest BCUT2D eigenvalue weighted by atomic mass is 32.1. The molecule has 1 aliphatic carbocycles. The van der Waals surface area contributed by atoms with E-state index in [9.17, 15) is 4.79 Å². The molecule has 1 aliphatic rings. The third kappa shape index (κ3) is 2.54. The van der Waals surface area contributed by atoms with E-state index in [-0.39, 0.29) is 11.9 Å². The summed E-state index contributed by atoms with van der Waals surface area (Å²) in [6.45, 7) is 4.33. The van der Waals surface area contributed by atoms with Crippen molar-refractivity contribution in [3.8, 4) is 0 Å². The fraction of sp³-hybridized carbons (Fsp3) is 0.235. The maximum atomic E-state index is 12.2. The van der Waals surface area contributed by atoms with Gasteiger partial charge in [-0.25, -0.2) is 0 Å². The van der Waals surface area contributed by atoms with E-state index in [1.54, 1.807) is 11.3 Å². The molecule has 0 saturated carbocycles. The number of thiophene rings is 1. The minimum absolute atomic E-state index is 0.0243. The molecular formula is C17H17NOS. The average molecular weight is 283 g/mol. The Morgan fingerprint density at radius 1 is 1.25 bits per heavy atom. The molecule has 0 aliphatic heterocycles. The molecule has 0 bridgehead atoms. The van der Waals surface area contributed by atoms with E-state index in [1.165, 1.54) is 22.1 Å². The molecule has 0 fully saturated rings. The van der Waals surface area contributed by atoms with Crippen molar-refractivity contribution in [3.63, 3.8) is 0 Å². The van der Waals surface area contributed by atoms with Crippen LogP contribution in [0.1, 0.15) is 16.0 Å². The van der Waals surface area contributed by atoms with Crippen molar-refractivity contribution in [3.05, 3.63) is 70.4 Å². The smallest absolute Gasteiger partial charge is 0.246 e. The number of fused-ring (bicyclic) bond motifs is 1. The van der Waals surface area contributed by atoms with Crippen LogP contribution in [0.3, 0.4) is 0 Å². The molecule has 2 aromatic rings. The molecule has 3 rings (SSSR count). The van der Waals surface area contributed by atoms with Crippen LogP contribution in [-0.2, 0) is 24.2 Å². The number of carbonyl (C=O) groups is 1. The number of amides is 1. The SMILES string of the molecule is C=CC(=O)N(Cc1cccs1)C1Cc2ccccc2C1. The number of nitrogens with zero attached hydrogens (tertiary/aromatic N) is 1. The molecular weight excluding hydrogens is 266 g/mol.